The molecular formula is C21H31N3O2. The van der Waals surface area contributed by atoms with Crippen LogP contribution in [0.25, 0.3) is 0 Å². The largest absolute Gasteiger partial charge is 0.356 e. The SMILES string of the molecule is O=C1CC(c2ccccc2)N(C(=O)NC2CCCCC2)CCCCCN1. The van der Waals surface area contributed by atoms with Crippen LogP contribution < -0.4 is 10.6 Å². The summed E-state index contributed by atoms with van der Waals surface area (Å²) in [5, 5.41) is 6.24. The highest BCUT2D eigenvalue weighted by atomic mass is 16.2. The fourth-order valence-corrected chi connectivity index (χ4v) is 4.05. The molecule has 0 spiro atoms. The molecule has 2 N–H and O–H groups in total. The minimum Gasteiger partial charge on any atom is -0.356 e. The van der Waals surface area contributed by atoms with Gasteiger partial charge in [0, 0.05) is 19.1 Å². The Morgan fingerprint density at radius 1 is 1.00 bits per heavy atom. The minimum absolute atomic E-state index is 0.0147. The van der Waals surface area contributed by atoms with E-state index in [1.165, 1.54) is 19.3 Å². The molecular weight excluding hydrogens is 326 g/mol. The predicted octanol–water partition coefficient (Wildman–Crippen LogP) is 3.76. The molecule has 1 atom stereocenters. The minimum atomic E-state index is -0.210. The van der Waals surface area contributed by atoms with Gasteiger partial charge in [0.25, 0.3) is 0 Å². The van der Waals surface area contributed by atoms with Crippen molar-refractivity contribution in [3.8, 4) is 0 Å². The molecule has 1 heterocycles. The van der Waals surface area contributed by atoms with Crippen molar-refractivity contribution in [1.82, 2.24) is 15.5 Å². The molecule has 1 aliphatic carbocycles. The highest BCUT2D eigenvalue weighted by Crippen LogP contribution is 2.26. The van der Waals surface area contributed by atoms with Gasteiger partial charge in [0.2, 0.25) is 5.91 Å². The molecule has 3 amide bonds. The van der Waals surface area contributed by atoms with Crippen molar-refractivity contribution in [1.29, 1.82) is 0 Å². The van der Waals surface area contributed by atoms with Gasteiger partial charge in [-0.25, -0.2) is 4.79 Å². The van der Waals surface area contributed by atoms with E-state index < -0.39 is 0 Å². The van der Waals surface area contributed by atoms with Crippen LogP contribution in [0, 0.1) is 0 Å². The Morgan fingerprint density at radius 3 is 2.50 bits per heavy atom. The average Bonchev–Trinajstić information content (AvgIpc) is 2.67. The van der Waals surface area contributed by atoms with E-state index >= 15 is 0 Å². The number of benzene rings is 1. The molecule has 1 saturated heterocycles. The van der Waals surface area contributed by atoms with E-state index in [0.717, 1.165) is 44.2 Å². The number of nitrogens with one attached hydrogen (secondary N) is 2. The fourth-order valence-electron chi connectivity index (χ4n) is 4.05. The van der Waals surface area contributed by atoms with Crippen molar-refractivity contribution >= 4 is 11.9 Å². The summed E-state index contributed by atoms with van der Waals surface area (Å²) in [6.07, 6.45) is 9.06. The zero-order chi connectivity index (χ0) is 18.2. The van der Waals surface area contributed by atoms with Crippen LogP contribution in [0.1, 0.15) is 69.4 Å². The lowest BCUT2D eigenvalue weighted by molar-refractivity contribution is -0.122. The Balaban J connectivity index is 1.79. The van der Waals surface area contributed by atoms with Crippen molar-refractivity contribution in [2.24, 2.45) is 0 Å². The van der Waals surface area contributed by atoms with Crippen LogP contribution in [-0.4, -0.2) is 36.0 Å². The van der Waals surface area contributed by atoms with Crippen molar-refractivity contribution in [3.05, 3.63) is 35.9 Å². The van der Waals surface area contributed by atoms with Gasteiger partial charge in [0.05, 0.1) is 12.5 Å². The summed E-state index contributed by atoms with van der Waals surface area (Å²) in [6.45, 7) is 1.43. The molecule has 5 nitrogen and oxygen atoms in total. The zero-order valence-electron chi connectivity index (χ0n) is 15.6. The third-order valence-electron chi connectivity index (χ3n) is 5.53. The summed E-state index contributed by atoms with van der Waals surface area (Å²) < 4.78 is 0. The van der Waals surface area contributed by atoms with Crippen molar-refractivity contribution in [2.75, 3.05) is 13.1 Å². The standard InChI is InChI=1S/C21H31N3O2/c25-20-16-19(17-10-4-1-5-11-17)24(15-9-3-8-14-22-20)21(26)23-18-12-6-2-7-13-18/h1,4-5,10-11,18-19H,2-3,6-9,12-16H2,(H,22,25)(H,23,26). The molecule has 1 saturated carbocycles. The first-order valence-corrected chi connectivity index (χ1v) is 10.1. The van der Waals surface area contributed by atoms with Crippen LogP contribution >= 0.6 is 0 Å². The van der Waals surface area contributed by atoms with Gasteiger partial charge in [-0.05, 0) is 37.7 Å². The topological polar surface area (TPSA) is 61.4 Å². The van der Waals surface area contributed by atoms with Crippen LogP contribution in [0.15, 0.2) is 30.3 Å². The molecule has 3 rings (SSSR count). The Kier molecular flexibility index (Phi) is 6.92. The monoisotopic (exact) mass is 357 g/mol. The number of nitrogens with zero attached hydrogens (tertiary/aromatic N) is 1. The number of rotatable bonds is 2. The molecule has 0 aromatic heterocycles. The van der Waals surface area contributed by atoms with Gasteiger partial charge >= 0.3 is 6.03 Å². The van der Waals surface area contributed by atoms with E-state index in [2.05, 4.69) is 10.6 Å². The molecule has 26 heavy (non-hydrogen) atoms. The summed E-state index contributed by atoms with van der Waals surface area (Å²) in [6, 6.07) is 10.0. The molecule has 2 fully saturated rings. The molecule has 1 aromatic rings. The average molecular weight is 357 g/mol. The third-order valence-corrected chi connectivity index (χ3v) is 5.53. The van der Waals surface area contributed by atoms with Gasteiger partial charge < -0.3 is 15.5 Å². The molecule has 1 aliphatic heterocycles. The first-order valence-electron chi connectivity index (χ1n) is 10.1. The van der Waals surface area contributed by atoms with Gasteiger partial charge in [-0.1, -0.05) is 49.6 Å². The number of carbonyl (C=O) groups excluding carboxylic acids is 2. The molecule has 1 aromatic carbocycles. The summed E-state index contributed by atoms with van der Waals surface area (Å²) >= 11 is 0. The van der Waals surface area contributed by atoms with Crippen molar-refractivity contribution in [2.45, 2.75) is 69.9 Å². The number of carbonyl (C=O) groups is 2. The van der Waals surface area contributed by atoms with Crippen LogP contribution in [0.4, 0.5) is 4.79 Å². The third kappa shape index (κ3) is 5.23. The normalized spacial score (nSPS) is 23.2. The Morgan fingerprint density at radius 2 is 1.73 bits per heavy atom. The lowest BCUT2D eigenvalue weighted by Gasteiger charge is -2.35. The van der Waals surface area contributed by atoms with Crippen molar-refractivity contribution in [3.63, 3.8) is 0 Å². The molecule has 5 heteroatoms. The number of urea groups is 1. The van der Waals surface area contributed by atoms with Gasteiger partial charge in [-0.15, -0.1) is 0 Å². The summed E-state index contributed by atoms with van der Waals surface area (Å²) in [5.74, 6) is 0.0243. The maximum Gasteiger partial charge on any atom is 0.318 e. The maximum atomic E-state index is 13.1. The highest BCUT2D eigenvalue weighted by Gasteiger charge is 2.29. The smallest absolute Gasteiger partial charge is 0.318 e. The van der Waals surface area contributed by atoms with Crippen LogP contribution in [0.2, 0.25) is 0 Å². The first kappa shape index (κ1) is 18.7. The van der Waals surface area contributed by atoms with Gasteiger partial charge in [0.15, 0.2) is 0 Å². The number of hydrogen-bond donors (Lipinski definition) is 2. The molecule has 0 radical (unpaired) electrons. The molecule has 2 aliphatic rings. The quantitative estimate of drug-likeness (QED) is 0.846. The van der Waals surface area contributed by atoms with E-state index in [0.29, 0.717) is 13.0 Å². The van der Waals surface area contributed by atoms with Crippen molar-refractivity contribution < 1.29 is 9.59 Å². The zero-order valence-corrected chi connectivity index (χ0v) is 15.6. The Bertz CT molecular complexity index is 584. The van der Waals surface area contributed by atoms with Crippen LogP contribution in [-0.2, 0) is 4.79 Å². The first-order chi connectivity index (χ1) is 12.7. The Hall–Kier alpha value is -2.04. The summed E-state index contributed by atoms with van der Waals surface area (Å²) in [4.78, 5) is 27.4. The van der Waals surface area contributed by atoms with E-state index in [1.807, 2.05) is 35.2 Å². The second kappa shape index (κ2) is 9.60. The van der Waals surface area contributed by atoms with Crippen LogP contribution in [0.3, 0.4) is 0 Å². The second-order valence-corrected chi connectivity index (χ2v) is 7.52. The lowest BCUT2D eigenvalue weighted by atomic mass is 9.95. The predicted molar refractivity (Wildman–Crippen MR) is 103 cm³/mol. The second-order valence-electron chi connectivity index (χ2n) is 7.52. The van der Waals surface area contributed by atoms with Gasteiger partial charge in [-0.3, -0.25) is 4.79 Å². The Labute approximate surface area is 156 Å². The molecule has 0 bridgehead atoms. The van der Waals surface area contributed by atoms with Gasteiger partial charge in [0.1, 0.15) is 0 Å². The van der Waals surface area contributed by atoms with Crippen LogP contribution in [0.5, 0.6) is 0 Å². The van der Waals surface area contributed by atoms with Gasteiger partial charge in [-0.2, -0.15) is 0 Å². The summed E-state index contributed by atoms with van der Waals surface area (Å²) in [7, 11) is 0. The van der Waals surface area contributed by atoms with E-state index in [1.54, 1.807) is 0 Å². The molecule has 1 unspecified atom stereocenters. The summed E-state index contributed by atoms with van der Waals surface area (Å²) in [5.41, 5.74) is 1.03. The van der Waals surface area contributed by atoms with E-state index in [4.69, 9.17) is 0 Å². The molecule has 142 valence electrons. The lowest BCUT2D eigenvalue weighted by Crippen LogP contribution is -2.48. The highest BCUT2D eigenvalue weighted by molar-refractivity contribution is 5.79. The van der Waals surface area contributed by atoms with E-state index in [9.17, 15) is 9.59 Å². The number of amides is 3. The maximum absolute atomic E-state index is 13.1. The van der Waals surface area contributed by atoms with E-state index in [-0.39, 0.29) is 24.0 Å². The fraction of sp³-hybridized carbons (Fsp3) is 0.619. The number of hydrogen-bond acceptors (Lipinski definition) is 2.